The average molecular weight is 352 g/mol. The second kappa shape index (κ2) is 5.44. The lowest BCUT2D eigenvalue weighted by Crippen LogP contribution is -2.53. The summed E-state index contributed by atoms with van der Waals surface area (Å²) in [6.07, 6.45) is 3.64. The van der Waals surface area contributed by atoms with Crippen molar-refractivity contribution in [2.24, 2.45) is 5.92 Å². The van der Waals surface area contributed by atoms with Gasteiger partial charge in [0, 0.05) is 10.4 Å². The van der Waals surface area contributed by atoms with Crippen molar-refractivity contribution in [1.82, 2.24) is 5.32 Å². The van der Waals surface area contributed by atoms with E-state index in [1.807, 2.05) is 24.3 Å². The third-order valence-electron chi connectivity index (χ3n) is 4.65. The number of carbonyl (C=O) groups excluding carboxylic acids is 1. The van der Waals surface area contributed by atoms with Gasteiger partial charge in [-0.05, 0) is 42.9 Å². The predicted octanol–water partition coefficient (Wildman–Crippen LogP) is 3.07. The van der Waals surface area contributed by atoms with Crippen LogP contribution in [0, 0.1) is 5.92 Å². The summed E-state index contributed by atoms with van der Waals surface area (Å²) in [5, 5.41) is 12.2. The van der Waals surface area contributed by atoms with Gasteiger partial charge >= 0.3 is 5.97 Å². The summed E-state index contributed by atoms with van der Waals surface area (Å²) in [5.41, 5.74) is 0.123. The highest BCUT2D eigenvalue weighted by atomic mass is 79.9. The van der Waals surface area contributed by atoms with Crippen LogP contribution in [0.4, 0.5) is 0 Å². The molecule has 1 aromatic carbocycles. The Hall–Kier alpha value is -1.36. The number of carboxylic acids is 1. The minimum atomic E-state index is -1.02. The van der Waals surface area contributed by atoms with E-state index in [1.54, 1.807) is 0 Å². The van der Waals surface area contributed by atoms with Crippen molar-refractivity contribution in [3.8, 4) is 0 Å². The van der Waals surface area contributed by atoms with Crippen molar-refractivity contribution in [3.05, 3.63) is 34.3 Å². The van der Waals surface area contributed by atoms with E-state index in [2.05, 4.69) is 21.2 Å². The maximum absolute atomic E-state index is 12.3. The Bertz CT molecular complexity index is 563. The first-order valence-electron chi connectivity index (χ1n) is 7.33. The van der Waals surface area contributed by atoms with E-state index in [0.717, 1.165) is 29.3 Å². The Morgan fingerprint density at radius 2 is 1.81 bits per heavy atom. The molecule has 0 aromatic heterocycles. The highest BCUT2D eigenvalue weighted by molar-refractivity contribution is 9.10. The number of aliphatic carboxylic acids is 1. The first-order valence-corrected chi connectivity index (χ1v) is 8.12. The molecule has 1 aromatic rings. The van der Waals surface area contributed by atoms with Gasteiger partial charge < -0.3 is 10.4 Å². The van der Waals surface area contributed by atoms with Gasteiger partial charge in [-0.15, -0.1) is 0 Å². The number of hydrogen-bond acceptors (Lipinski definition) is 2. The van der Waals surface area contributed by atoms with Crippen LogP contribution in [0.15, 0.2) is 28.7 Å². The summed E-state index contributed by atoms with van der Waals surface area (Å²) in [4.78, 5) is 23.8. The van der Waals surface area contributed by atoms with Crippen molar-refractivity contribution in [2.75, 3.05) is 0 Å². The lowest BCUT2D eigenvalue weighted by molar-refractivity contribution is -0.147. The highest BCUT2D eigenvalue weighted by Gasteiger charge is 2.49. The Balaban J connectivity index is 1.65. The minimum Gasteiger partial charge on any atom is -0.480 e. The SMILES string of the molecule is O=C(NC1(C(=O)O)CCCC1)C1CC1c1ccc(Br)cc1. The zero-order valence-corrected chi connectivity index (χ0v) is 13.2. The van der Waals surface area contributed by atoms with E-state index in [1.165, 1.54) is 0 Å². The molecule has 0 bridgehead atoms. The van der Waals surface area contributed by atoms with Gasteiger partial charge in [0.1, 0.15) is 5.54 Å². The maximum atomic E-state index is 12.3. The molecule has 2 aliphatic carbocycles. The first-order chi connectivity index (χ1) is 10.0. The van der Waals surface area contributed by atoms with E-state index < -0.39 is 11.5 Å². The van der Waals surface area contributed by atoms with Crippen molar-refractivity contribution in [2.45, 2.75) is 43.6 Å². The van der Waals surface area contributed by atoms with Crippen LogP contribution in [-0.2, 0) is 9.59 Å². The summed E-state index contributed by atoms with van der Waals surface area (Å²) in [6.45, 7) is 0. The smallest absolute Gasteiger partial charge is 0.329 e. The van der Waals surface area contributed by atoms with Crippen LogP contribution >= 0.6 is 15.9 Å². The van der Waals surface area contributed by atoms with Gasteiger partial charge in [-0.25, -0.2) is 4.79 Å². The monoisotopic (exact) mass is 351 g/mol. The molecule has 1 amide bonds. The number of carboxylic acid groups (broad SMARTS) is 1. The van der Waals surface area contributed by atoms with Crippen molar-refractivity contribution in [1.29, 1.82) is 0 Å². The zero-order chi connectivity index (χ0) is 15.0. The lowest BCUT2D eigenvalue weighted by atomic mass is 9.97. The fourth-order valence-corrected chi connectivity index (χ4v) is 3.53. The van der Waals surface area contributed by atoms with Crippen molar-refractivity contribution >= 4 is 27.8 Å². The number of halogens is 1. The molecule has 2 N–H and O–H groups in total. The van der Waals surface area contributed by atoms with Crippen LogP contribution in [0.25, 0.3) is 0 Å². The van der Waals surface area contributed by atoms with Crippen LogP contribution in [0.1, 0.15) is 43.6 Å². The third-order valence-corrected chi connectivity index (χ3v) is 5.18. The van der Waals surface area contributed by atoms with E-state index >= 15 is 0 Å². The molecule has 0 aliphatic heterocycles. The van der Waals surface area contributed by atoms with Gasteiger partial charge in [-0.2, -0.15) is 0 Å². The Morgan fingerprint density at radius 3 is 2.38 bits per heavy atom. The molecule has 0 heterocycles. The summed E-state index contributed by atoms with van der Waals surface area (Å²) < 4.78 is 1.02. The maximum Gasteiger partial charge on any atom is 0.329 e. The van der Waals surface area contributed by atoms with Gasteiger partial charge in [0.2, 0.25) is 5.91 Å². The van der Waals surface area contributed by atoms with Gasteiger partial charge in [0.25, 0.3) is 0 Å². The summed E-state index contributed by atoms with van der Waals surface area (Å²) in [6, 6.07) is 7.98. The van der Waals surface area contributed by atoms with Gasteiger partial charge in [0.05, 0.1) is 0 Å². The fraction of sp³-hybridized carbons (Fsp3) is 0.500. The highest BCUT2D eigenvalue weighted by Crippen LogP contribution is 2.48. The molecule has 3 rings (SSSR count). The number of rotatable bonds is 4. The third kappa shape index (κ3) is 2.84. The average Bonchev–Trinajstić information content (AvgIpc) is 3.12. The molecule has 0 spiro atoms. The van der Waals surface area contributed by atoms with Crippen LogP contribution in [0.5, 0.6) is 0 Å². The predicted molar refractivity (Wildman–Crippen MR) is 82.0 cm³/mol. The molecule has 0 radical (unpaired) electrons. The molecule has 2 fully saturated rings. The van der Waals surface area contributed by atoms with E-state index in [0.29, 0.717) is 12.8 Å². The zero-order valence-electron chi connectivity index (χ0n) is 11.6. The van der Waals surface area contributed by atoms with Gasteiger partial charge in [0.15, 0.2) is 0 Å². The van der Waals surface area contributed by atoms with Gasteiger partial charge in [-0.1, -0.05) is 40.9 Å². The minimum absolute atomic E-state index is 0.0806. The molecule has 21 heavy (non-hydrogen) atoms. The molecule has 5 heteroatoms. The summed E-state index contributed by atoms with van der Waals surface area (Å²) in [5.74, 6) is -0.852. The van der Waals surface area contributed by atoms with Crippen LogP contribution in [0.3, 0.4) is 0 Å². The van der Waals surface area contributed by atoms with E-state index in [4.69, 9.17) is 0 Å². The molecular weight excluding hydrogens is 334 g/mol. The molecule has 4 nitrogen and oxygen atoms in total. The standard InChI is InChI=1S/C16H18BrNO3/c17-11-5-3-10(4-6-11)12-9-13(12)14(19)18-16(15(20)21)7-1-2-8-16/h3-6,12-13H,1-2,7-9H2,(H,18,19)(H,20,21). The van der Waals surface area contributed by atoms with Crippen LogP contribution in [-0.4, -0.2) is 22.5 Å². The number of benzene rings is 1. The Labute approximate surface area is 132 Å². The summed E-state index contributed by atoms with van der Waals surface area (Å²) >= 11 is 3.40. The molecule has 2 aliphatic rings. The Kier molecular flexibility index (Phi) is 3.78. The number of amides is 1. The van der Waals surface area contributed by atoms with Gasteiger partial charge in [-0.3, -0.25) is 4.79 Å². The number of nitrogens with one attached hydrogen (secondary N) is 1. The lowest BCUT2D eigenvalue weighted by Gasteiger charge is -2.25. The number of hydrogen-bond donors (Lipinski definition) is 2. The molecular formula is C16H18BrNO3. The van der Waals surface area contributed by atoms with Crippen molar-refractivity contribution < 1.29 is 14.7 Å². The summed E-state index contributed by atoms with van der Waals surface area (Å²) in [7, 11) is 0. The quantitative estimate of drug-likeness (QED) is 0.875. The number of carbonyl (C=O) groups is 2. The topological polar surface area (TPSA) is 66.4 Å². The second-order valence-corrected chi connectivity index (χ2v) is 7.00. The van der Waals surface area contributed by atoms with E-state index in [-0.39, 0.29) is 17.7 Å². The Morgan fingerprint density at radius 1 is 1.19 bits per heavy atom. The fourth-order valence-electron chi connectivity index (χ4n) is 3.26. The molecule has 112 valence electrons. The van der Waals surface area contributed by atoms with Crippen molar-refractivity contribution in [3.63, 3.8) is 0 Å². The van der Waals surface area contributed by atoms with E-state index in [9.17, 15) is 14.7 Å². The van der Waals surface area contributed by atoms with Crippen LogP contribution in [0.2, 0.25) is 0 Å². The molecule has 2 atom stereocenters. The normalized spacial score (nSPS) is 26.3. The molecule has 0 saturated heterocycles. The first kappa shape index (κ1) is 14.6. The molecule has 2 unspecified atom stereocenters. The second-order valence-electron chi connectivity index (χ2n) is 6.08. The molecule has 2 saturated carbocycles. The largest absolute Gasteiger partial charge is 0.480 e. The van der Waals surface area contributed by atoms with Crippen LogP contribution < -0.4 is 5.32 Å².